The van der Waals surface area contributed by atoms with E-state index in [4.69, 9.17) is 5.73 Å². The van der Waals surface area contributed by atoms with Crippen molar-refractivity contribution in [1.29, 1.82) is 0 Å². The fourth-order valence-electron chi connectivity index (χ4n) is 1.57. The summed E-state index contributed by atoms with van der Waals surface area (Å²) in [6.45, 7) is 1.95. The summed E-state index contributed by atoms with van der Waals surface area (Å²) in [7, 11) is 0. The molecule has 1 aliphatic heterocycles. The lowest BCUT2D eigenvalue weighted by molar-refractivity contribution is 0.252. The quantitative estimate of drug-likeness (QED) is 0.795. The van der Waals surface area contributed by atoms with Gasteiger partial charge in [-0.2, -0.15) is 0 Å². The molecule has 0 spiro atoms. The van der Waals surface area contributed by atoms with Gasteiger partial charge in [0, 0.05) is 25.3 Å². The third kappa shape index (κ3) is 2.40. The zero-order valence-electron chi connectivity index (χ0n) is 8.27. The average Bonchev–Trinajstić information content (AvgIpc) is 2.65. The second-order valence-electron chi connectivity index (χ2n) is 3.26. The Labute approximate surface area is 94.8 Å². The van der Waals surface area contributed by atoms with Crippen molar-refractivity contribution < 1.29 is 4.79 Å². The first-order valence-corrected chi connectivity index (χ1v) is 4.65. The molecule has 4 nitrogen and oxygen atoms in total. The Balaban J connectivity index is 0.00000112. The molecule has 0 aliphatic carbocycles. The van der Waals surface area contributed by atoms with Crippen LogP contribution in [-0.4, -0.2) is 19.1 Å². The zero-order valence-corrected chi connectivity index (χ0v) is 9.09. The molecule has 1 saturated heterocycles. The van der Waals surface area contributed by atoms with Gasteiger partial charge in [-0.05, 0) is 17.7 Å². The van der Waals surface area contributed by atoms with E-state index >= 15 is 0 Å². The van der Waals surface area contributed by atoms with Crippen LogP contribution in [0.4, 0.5) is 10.5 Å². The van der Waals surface area contributed by atoms with E-state index in [0.717, 1.165) is 17.8 Å². The zero-order chi connectivity index (χ0) is 9.97. The molecular weight excluding hydrogens is 214 g/mol. The number of rotatable bonds is 2. The van der Waals surface area contributed by atoms with Crippen LogP contribution in [0.3, 0.4) is 0 Å². The lowest BCUT2D eigenvalue weighted by Gasteiger charge is -2.14. The Morgan fingerprint density at radius 3 is 2.87 bits per heavy atom. The number of carbonyl (C=O) groups excluding carboxylic acids is 1. The van der Waals surface area contributed by atoms with Gasteiger partial charge in [-0.1, -0.05) is 12.1 Å². The first kappa shape index (κ1) is 11.8. The molecule has 0 saturated carbocycles. The Morgan fingerprint density at radius 1 is 1.47 bits per heavy atom. The van der Waals surface area contributed by atoms with Gasteiger partial charge in [0.25, 0.3) is 0 Å². The van der Waals surface area contributed by atoms with Gasteiger partial charge >= 0.3 is 6.03 Å². The Bertz CT molecular complexity index is 356. The number of nitrogens with one attached hydrogen (secondary N) is 1. The van der Waals surface area contributed by atoms with Crippen LogP contribution in [0.2, 0.25) is 0 Å². The lowest BCUT2D eigenvalue weighted by Crippen LogP contribution is -2.27. The van der Waals surface area contributed by atoms with Crippen molar-refractivity contribution in [3.8, 4) is 0 Å². The van der Waals surface area contributed by atoms with Crippen LogP contribution in [0.25, 0.3) is 0 Å². The SMILES string of the molecule is Cl.NCc1cccc(N2CCNC2=O)c1. The minimum absolute atomic E-state index is 0. The number of benzene rings is 1. The summed E-state index contributed by atoms with van der Waals surface area (Å²) < 4.78 is 0. The standard InChI is InChI=1S/C10H13N3O.ClH/c11-7-8-2-1-3-9(6-8)13-5-4-12-10(13)14;/h1-3,6H,4-5,7,11H2,(H,12,14);1H. The fraction of sp³-hybridized carbons (Fsp3) is 0.300. The molecule has 2 rings (SSSR count). The summed E-state index contributed by atoms with van der Waals surface area (Å²) in [6.07, 6.45) is 0. The van der Waals surface area contributed by atoms with Gasteiger partial charge in [-0.3, -0.25) is 4.90 Å². The number of urea groups is 1. The van der Waals surface area contributed by atoms with Gasteiger partial charge in [-0.15, -0.1) is 12.4 Å². The molecule has 1 aromatic carbocycles. The normalized spacial score (nSPS) is 14.7. The summed E-state index contributed by atoms with van der Waals surface area (Å²) in [4.78, 5) is 13.1. The molecule has 0 bridgehead atoms. The molecule has 5 heteroatoms. The van der Waals surface area contributed by atoms with Gasteiger partial charge in [-0.25, -0.2) is 4.79 Å². The fourth-order valence-corrected chi connectivity index (χ4v) is 1.57. The van der Waals surface area contributed by atoms with Crippen LogP contribution >= 0.6 is 12.4 Å². The number of halogens is 1. The van der Waals surface area contributed by atoms with Crippen molar-refractivity contribution in [2.24, 2.45) is 5.73 Å². The molecule has 1 aromatic rings. The second kappa shape index (κ2) is 5.00. The number of nitrogens with zero attached hydrogens (tertiary/aromatic N) is 1. The van der Waals surface area contributed by atoms with Crippen molar-refractivity contribution in [2.45, 2.75) is 6.54 Å². The van der Waals surface area contributed by atoms with E-state index in [0.29, 0.717) is 13.1 Å². The van der Waals surface area contributed by atoms with E-state index in [1.807, 2.05) is 24.3 Å². The predicted molar refractivity (Wildman–Crippen MR) is 62.3 cm³/mol. The summed E-state index contributed by atoms with van der Waals surface area (Å²) in [5, 5.41) is 2.76. The van der Waals surface area contributed by atoms with E-state index in [1.165, 1.54) is 0 Å². The van der Waals surface area contributed by atoms with Crippen LogP contribution in [-0.2, 0) is 6.54 Å². The highest BCUT2D eigenvalue weighted by atomic mass is 35.5. The third-order valence-electron chi connectivity index (χ3n) is 2.31. The van der Waals surface area contributed by atoms with Gasteiger partial charge < -0.3 is 11.1 Å². The van der Waals surface area contributed by atoms with Gasteiger partial charge in [0.2, 0.25) is 0 Å². The maximum absolute atomic E-state index is 11.4. The number of hydrogen-bond acceptors (Lipinski definition) is 2. The molecule has 3 N–H and O–H groups in total. The average molecular weight is 228 g/mol. The van der Waals surface area contributed by atoms with Crippen molar-refractivity contribution in [3.05, 3.63) is 29.8 Å². The number of hydrogen-bond donors (Lipinski definition) is 2. The Kier molecular flexibility index (Phi) is 3.94. The smallest absolute Gasteiger partial charge is 0.321 e. The maximum Gasteiger partial charge on any atom is 0.321 e. The van der Waals surface area contributed by atoms with E-state index < -0.39 is 0 Å². The molecule has 1 heterocycles. The summed E-state index contributed by atoms with van der Waals surface area (Å²) >= 11 is 0. The molecular formula is C10H14ClN3O. The number of carbonyl (C=O) groups is 1. The van der Waals surface area contributed by atoms with Crippen LogP contribution in [0.15, 0.2) is 24.3 Å². The molecule has 2 amide bonds. The molecule has 0 aromatic heterocycles. The second-order valence-corrected chi connectivity index (χ2v) is 3.26. The molecule has 0 radical (unpaired) electrons. The summed E-state index contributed by atoms with van der Waals surface area (Å²) in [5.74, 6) is 0. The number of nitrogens with two attached hydrogens (primary N) is 1. The van der Waals surface area contributed by atoms with Gasteiger partial charge in [0.15, 0.2) is 0 Å². The Hall–Kier alpha value is -1.26. The van der Waals surface area contributed by atoms with Crippen molar-refractivity contribution >= 4 is 24.1 Å². The first-order chi connectivity index (χ1) is 6.81. The Morgan fingerprint density at radius 2 is 2.27 bits per heavy atom. The molecule has 15 heavy (non-hydrogen) atoms. The van der Waals surface area contributed by atoms with Gasteiger partial charge in [0.1, 0.15) is 0 Å². The van der Waals surface area contributed by atoms with E-state index in [-0.39, 0.29) is 18.4 Å². The van der Waals surface area contributed by atoms with Crippen LogP contribution in [0, 0.1) is 0 Å². The summed E-state index contributed by atoms with van der Waals surface area (Å²) in [5.41, 5.74) is 7.50. The summed E-state index contributed by atoms with van der Waals surface area (Å²) in [6, 6.07) is 7.72. The van der Waals surface area contributed by atoms with Crippen LogP contribution < -0.4 is 16.0 Å². The number of amides is 2. The number of anilines is 1. The van der Waals surface area contributed by atoms with Crippen LogP contribution in [0.1, 0.15) is 5.56 Å². The highest BCUT2D eigenvalue weighted by Crippen LogP contribution is 2.17. The lowest BCUT2D eigenvalue weighted by atomic mass is 10.2. The minimum Gasteiger partial charge on any atom is -0.336 e. The molecule has 1 fully saturated rings. The highest BCUT2D eigenvalue weighted by Gasteiger charge is 2.20. The van der Waals surface area contributed by atoms with Crippen molar-refractivity contribution in [3.63, 3.8) is 0 Å². The van der Waals surface area contributed by atoms with Crippen LogP contribution in [0.5, 0.6) is 0 Å². The van der Waals surface area contributed by atoms with E-state index in [2.05, 4.69) is 5.32 Å². The van der Waals surface area contributed by atoms with Gasteiger partial charge in [0.05, 0.1) is 0 Å². The van der Waals surface area contributed by atoms with E-state index in [9.17, 15) is 4.79 Å². The molecule has 1 aliphatic rings. The third-order valence-corrected chi connectivity index (χ3v) is 2.31. The molecule has 0 atom stereocenters. The molecule has 82 valence electrons. The van der Waals surface area contributed by atoms with Crippen molar-refractivity contribution in [1.82, 2.24) is 5.32 Å². The topological polar surface area (TPSA) is 58.4 Å². The maximum atomic E-state index is 11.4. The molecule has 0 unspecified atom stereocenters. The predicted octanol–water partition coefficient (Wildman–Crippen LogP) is 1.10. The first-order valence-electron chi connectivity index (χ1n) is 4.65. The van der Waals surface area contributed by atoms with E-state index in [1.54, 1.807) is 4.90 Å². The largest absolute Gasteiger partial charge is 0.336 e. The van der Waals surface area contributed by atoms with Crippen molar-refractivity contribution in [2.75, 3.05) is 18.0 Å². The highest BCUT2D eigenvalue weighted by molar-refractivity contribution is 5.94. The monoisotopic (exact) mass is 227 g/mol. The minimum atomic E-state index is -0.0285.